The fourth-order valence-corrected chi connectivity index (χ4v) is 2.16. The molecule has 0 amide bonds. The molecule has 0 saturated carbocycles. The zero-order chi connectivity index (χ0) is 11.1. The highest BCUT2D eigenvalue weighted by Gasteiger charge is 2.22. The van der Waals surface area contributed by atoms with Gasteiger partial charge >= 0.3 is 0 Å². The molecule has 0 aromatic carbocycles. The van der Waals surface area contributed by atoms with E-state index in [2.05, 4.69) is 26.1 Å². The van der Waals surface area contributed by atoms with E-state index < -0.39 is 5.54 Å². The number of rotatable bonds is 2. The van der Waals surface area contributed by atoms with E-state index >= 15 is 0 Å². The van der Waals surface area contributed by atoms with E-state index in [1.807, 2.05) is 25.3 Å². The number of halogens is 1. The van der Waals surface area contributed by atoms with E-state index in [4.69, 9.17) is 10.3 Å². The lowest BCUT2D eigenvalue weighted by Gasteiger charge is -2.11. The van der Waals surface area contributed by atoms with Crippen molar-refractivity contribution in [3.63, 3.8) is 0 Å². The monoisotopic (exact) mass is 287 g/mol. The molecule has 0 radical (unpaired) electrons. The first-order chi connectivity index (χ1) is 6.97. The average Bonchev–Trinajstić information content (AvgIpc) is 2.69. The van der Waals surface area contributed by atoms with Gasteiger partial charge in [-0.05, 0) is 35.8 Å². The maximum Gasteiger partial charge on any atom is 0.258 e. The van der Waals surface area contributed by atoms with Crippen molar-refractivity contribution in [2.45, 2.75) is 19.4 Å². The van der Waals surface area contributed by atoms with Gasteiger partial charge in [0.15, 0.2) is 5.82 Å². The standard InChI is InChI=1S/C9H10BrN3OS/c1-9(2,11)8-12-7(14-13-8)5-3-6(10)15-4-5/h3-4H,11H2,1-2H3. The minimum atomic E-state index is -0.574. The van der Waals surface area contributed by atoms with Gasteiger partial charge in [-0.2, -0.15) is 4.98 Å². The third-order valence-corrected chi connectivity index (χ3v) is 3.32. The maximum atomic E-state index is 5.86. The summed E-state index contributed by atoms with van der Waals surface area (Å²) < 4.78 is 6.17. The van der Waals surface area contributed by atoms with Crippen LogP contribution in [0, 0.1) is 0 Å². The highest BCUT2D eigenvalue weighted by Crippen LogP contribution is 2.28. The van der Waals surface area contributed by atoms with Crippen molar-refractivity contribution in [1.29, 1.82) is 0 Å². The van der Waals surface area contributed by atoms with Crippen molar-refractivity contribution in [3.05, 3.63) is 21.1 Å². The Hall–Kier alpha value is -0.720. The van der Waals surface area contributed by atoms with E-state index in [1.54, 1.807) is 11.3 Å². The minimum absolute atomic E-state index is 0.505. The first-order valence-electron chi connectivity index (χ1n) is 4.34. The van der Waals surface area contributed by atoms with Gasteiger partial charge in [0.25, 0.3) is 5.89 Å². The Balaban J connectivity index is 2.36. The number of nitrogens with two attached hydrogens (primary N) is 1. The van der Waals surface area contributed by atoms with E-state index in [-0.39, 0.29) is 0 Å². The summed E-state index contributed by atoms with van der Waals surface area (Å²) in [5.74, 6) is 1.02. The highest BCUT2D eigenvalue weighted by atomic mass is 79.9. The van der Waals surface area contributed by atoms with Crippen molar-refractivity contribution in [2.24, 2.45) is 5.73 Å². The van der Waals surface area contributed by atoms with Gasteiger partial charge in [0.1, 0.15) is 0 Å². The summed E-state index contributed by atoms with van der Waals surface area (Å²) in [6, 6.07) is 1.94. The Morgan fingerprint density at radius 3 is 2.73 bits per heavy atom. The second kappa shape index (κ2) is 3.70. The Labute approximate surface area is 99.6 Å². The lowest BCUT2D eigenvalue weighted by molar-refractivity contribution is 0.397. The van der Waals surface area contributed by atoms with Crippen LogP contribution in [-0.4, -0.2) is 10.1 Å². The third-order valence-electron chi connectivity index (χ3n) is 1.82. The topological polar surface area (TPSA) is 64.9 Å². The molecule has 6 heteroatoms. The van der Waals surface area contributed by atoms with Crippen molar-refractivity contribution in [1.82, 2.24) is 10.1 Å². The zero-order valence-corrected chi connectivity index (χ0v) is 10.7. The van der Waals surface area contributed by atoms with Gasteiger partial charge in [0.05, 0.1) is 14.9 Å². The van der Waals surface area contributed by atoms with Gasteiger partial charge in [-0.3, -0.25) is 0 Å². The predicted octanol–water partition coefficient (Wildman–Crippen LogP) is 2.75. The van der Waals surface area contributed by atoms with Crippen LogP contribution in [-0.2, 0) is 5.54 Å². The van der Waals surface area contributed by atoms with Gasteiger partial charge < -0.3 is 10.3 Å². The Kier molecular flexibility index (Phi) is 2.66. The summed E-state index contributed by atoms with van der Waals surface area (Å²) in [6.45, 7) is 3.68. The average molecular weight is 288 g/mol. The lowest BCUT2D eigenvalue weighted by atomic mass is 10.1. The highest BCUT2D eigenvalue weighted by molar-refractivity contribution is 9.11. The van der Waals surface area contributed by atoms with Gasteiger partial charge in [-0.15, -0.1) is 11.3 Å². The van der Waals surface area contributed by atoms with Crippen LogP contribution in [0.25, 0.3) is 11.5 Å². The van der Waals surface area contributed by atoms with Gasteiger partial charge in [0, 0.05) is 5.38 Å². The zero-order valence-electron chi connectivity index (χ0n) is 8.32. The van der Waals surface area contributed by atoms with E-state index in [0.717, 1.165) is 9.35 Å². The smallest absolute Gasteiger partial charge is 0.258 e. The number of thiophene rings is 1. The van der Waals surface area contributed by atoms with Gasteiger partial charge in [0.2, 0.25) is 0 Å². The van der Waals surface area contributed by atoms with Crippen LogP contribution < -0.4 is 5.73 Å². The molecule has 2 N–H and O–H groups in total. The van der Waals surface area contributed by atoms with Crippen molar-refractivity contribution >= 4 is 27.3 Å². The number of aromatic nitrogens is 2. The second-order valence-electron chi connectivity index (χ2n) is 3.78. The second-order valence-corrected chi connectivity index (χ2v) is 6.07. The summed E-state index contributed by atoms with van der Waals surface area (Å²) >= 11 is 4.95. The van der Waals surface area contributed by atoms with Crippen LogP contribution in [0.2, 0.25) is 0 Å². The van der Waals surface area contributed by atoms with Gasteiger partial charge in [-0.25, -0.2) is 0 Å². The van der Waals surface area contributed by atoms with Crippen molar-refractivity contribution < 1.29 is 4.52 Å². The predicted molar refractivity (Wildman–Crippen MR) is 62.5 cm³/mol. The molecular formula is C9H10BrN3OS. The molecule has 0 aliphatic heterocycles. The SMILES string of the molecule is CC(C)(N)c1noc(-c2csc(Br)c2)n1. The molecule has 4 nitrogen and oxygen atoms in total. The fourth-order valence-electron chi connectivity index (χ4n) is 1.02. The summed E-state index contributed by atoms with van der Waals surface area (Å²) in [5.41, 5.74) is 6.20. The molecule has 0 bridgehead atoms. The molecule has 0 unspecified atom stereocenters. The molecule has 0 spiro atoms. The molecule has 0 aliphatic rings. The molecule has 0 atom stereocenters. The molecule has 0 fully saturated rings. The summed E-state index contributed by atoms with van der Waals surface area (Å²) in [4.78, 5) is 4.25. The minimum Gasteiger partial charge on any atom is -0.334 e. The van der Waals surface area contributed by atoms with Crippen LogP contribution in [0.1, 0.15) is 19.7 Å². The summed E-state index contributed by atoms with van der Waals surface area (Å²) in [5, 5.41) is 5.80. The molecule has 15 heavy (non-hydrogen) atoms. The van der Waals surface area contributed by atoms with Crippen LogP contribution in [0.3, 0.4) is 0 Å². The maximum absolute atomic E-state index is 5.86. The Morgan fingerprint density at radius 2 is 2.27 bits per heavy atom. The van der Waals surface area contributed by atoms with Crippen LogP contribution in [0.15, 0.2) is 19.8 Å². The Bertz CT molecular complexity index is 472. The molecule has 0 aliphatic carbocycles. The van der Waals surface area contributed by atoms with Crippen molar-refractivity contribution in [3.8, 4) is 11.5 Å². The molecule has 0 saturated heterocycles. The molecular weight excluding hydrogens is 278 g/mol. The number of hydrogen-bond acceptors (Lipinski definition) is 5. The van der Waals surface area contributed by atoms with E-state index in [1.165, 1.54) is 0 Å². The third kappa shape index (κ3) is 2.27. The lowest BCUT2D eigenvalue weighted by Crippen LogP contribution is -2.30. The largest absolute Gasteiger partial charge is 0.334 e. The molecule has 2 aromatic rings. The molecule has 2 heterocycles. The molecule has 2 rings (SSSR count). The Morgan fingerprint density at radius 1 is 1.53 bits per heavy atom. The summed E-state index contributed by atoms with van der Waals surface area (Å²) in [7, 11) is 0. The normalized spacial score (nSPS) is 12.0. The van der Waals surface area contributed by atoms with Gasteiger partial charge in [-0.1, -0.05) is 5.16 Å². The van der Waals surface area contributed by atoms with Crippen LogP contribution in [0.4, 0.5) is 0 Å². The fraction of sp³-hybridized carbons (Fsp3) is 0.333. The van der Waals surface area contributed by atoms with E-state index in [0.29, 0.717) is 11.7 Å². The molecule has 2 aromatic heterocycles. The van der Waals surface area contributed by atoms with E-state index in [9.17, 15) is 0 Å². The first kappa shape index (κ1) is 10.8. The molecule has 80 valence electrons. The number of nitrogens with zero attached hydrogens (tertiary/aromatic N) is 2. The van der Waals surface area contributed by atoms with Crippen molar-refractivity contribution in [2.75, 3.05) is 0 Å². The quantitative estimate of drug-likeness (QED) is 0.922. The van der Waals surface area contributed by atoms with Crippen LogP contribution >= 0.6 is 27.3 Å². The number of hydrogen-bond donors (Lipinski definition) is 1. The van der Waals surface area contributed by atoms with Crippen LogP contribution in [0.5, 0.6) is 0 Å². The first-order valence-corrected chi connectivity index (χ1v) is 6.01. The summed E-state index contributed by atoms with van der Waals surface area (Å²) in [6.07, 6.45) is 0.